The zero-order chi connectivity index (χ0) is 11.5. The molecule has 15 heavy (non-hydrogen) atoms. The normalized spacial score (nSPS) is 11.2. The van der Waals surface area contributed by atoms with Crippen LogP contribution in [0.1, 0.15) is 13.8 Å². The molecule has 0 fully saturated rings. The number of hydrogen-bond acceptors (Lipinski definition) is 4. The zero-order valence-electron chi connectivity index (χ0n) is 9.37. The molecule has 0 aliphatic rings. The predicted octanol–water partition coefficient (Wildman–Crippen LogP) is 1.46. The van der Waals surface area contributed by atoms with Gasteiger partial charge in [-0.3, -0.25) is 0 Å². The number of aliphatic hydroxyl groups excluding tert-OH is 1. The first-order chi connectivity index (χ1) is 6.96. The van der Waals surface area contributed by atoms with Crippen LogP contribution in [0.3, 0.4) is 0 Å². The number of rotatable bonds is 4. The summed E-state index contributed by atoms with van der Waals surface area (Å²) < 4.78 is 5.10. The summed E-state index contributed by atoms with van der Waals surface area (Å²) in [4.78, 5) is 0. The number of nitrogens with one attached hydrogen (secondary N) is 1. The lowest BCUT2D eigenvalue weighted by Gasteiger charge is -2.25. The van der Waals surface area contributed by atoms with Gasteiger partial charge >= 0.3 is 0 Å². The largest absolute Gasteiger partial charge is 0.497 e. The van der Waals surface area contributed by atoms with Gasteiger partial charge in [0, 0.05) is 23.5 Å². The Labute approximate surface area is 90.1 Å². The van der Waals surface area contributed by atoms with Crippen molar-refractivity contribution in [2.24, 2.45) is 0 Å². The standard InChI is InChI=1S/C11H18N2O2/c1-11(2,7-14)13-9-4-8(12)5-10(6-9)15-3/h4-6,13-14H,7,12H2,1-3H3. The van der Waals surface area contributed by atoms with E-state index in [1.807, 2.05) is 19.9 Å². The molecular weight excluding hydrogens is 192 g/mol. The number of ether oxygens (including phenoxy) is 1. The summed E-state index contributed by atoms with van der Waals surface area (Å²) in [5, 5.41) is 12.3. The lowest BCUT2D eigenvalue weighted by atomic mass is 10.1. The summed E-state index contributed by atoms with van der Waals surface area (Å²) >= 11 is 0. The molecule has 0 bridgehead atoms. The zero-order valence-corrected chi connectivity index (χ0v) is 9.37. The van der Waals surface area contributed by atoms with Crippen LogP contribution in [0.4, 0.5) is 11.4 Å². The van der Waals surface area contributed by atoms with Crippen molar-refractivity contribution in [3.8, 4) is 5.75 Å². The maximum atomic E-state index is 9.13. The first-order valence-corrected chi connectivity index (χ1v) is 4.80. The fourth-order valence-corrected chi connectivity index (χ4v) is 1.24. The van der Waals surface area contributed by atoms with Crippen molar-refractivity contribution in [1.29, 1.82) is 0 Å². The lowest BCUT2D eigenvalue weighted by Crippen LogP contribution is -2.34. The SMILES string of the molecule is COc1cc(N)cc(NC(C)(C)CO)c1. The van der Waals surface area contributed by atoms with Crippen LogP contribution >= 0.6 is 0 Å². The molecule has 0 aliphatic heterocycles. The molecule has 1 rings (SSSR count). The number of hydrogen-bond donors (Lipinski definition) is 3. The molecule has 0 aliphatic carbocycles. The van der Waals surface area contributed by atoms with Gasteiger partial charge in [-0.25, -0.2) is 0 Å². The minimum absolute atomic E-state index is 0.0457. The summed E-state index contributed by atoms with van der Waals surface area (Å²) in [5.74, 6) is 0.700. The van der Waals surface area contributed by atoms with E-state index in [1.165, 1.54) is 0 Å². The molecule has 0 atom stereocenters. The maximum Gasteiger partial charge on any atom is 0.122 e. The Morgan fingerprint density at radius 2 is 2.07 bits per heavy atom. The highest BCUT2D eigenvalue weighted by Crippen LogP contribution is 2.24. The fraction of sp³-hybridized carbons (Fsp3) is 0.455. The van der Waals surface area contributed by atoms with E-state index in [2.05, 4.69) is 5.32 Å². The number of nitrogens with two attached hydrogens (primary N) is 1. The van der Waals surface area contributed by atoms with Gasteiger partial charge < -0.3 is 20.9 Å². The Balaban J connectivity index is 2.90. The maximum absolute atomic E-state index is 9.13. The fourth-order valence-electron chi connectivity index (χ4n) is 1.24. The van der Waals surface area contributed by atoms with E-state index in [9.17, 15) is 0 Å². The minimum atomic E-state index is -0.376. The van der Waals surface area contributed by atoms with Crippen LogP contribution in [-0.4, -0.2) is 24.4 Å². The van der Waals surface area contributed by atoms with Crippen LogP contribution in [-0.2, 0) is 0 Å². The highest BCUT2D eigenvalue weighted by atomic mass is 16.5. The van der Waals surface area contributed by atoms with Crippen molar-refractivity contribution < 1.29 is 9.84 Å². The van der Waals surface area contributed by atoms with Gasteiger partial charge in [-0.15, -0.1) is 0 Å². The molecule has 4 heteroatoms. The third-order valence-corrected chi connectivity index (χ3v) is 2.04. The molecule has 0 unspecified atom stereocenters. The smallest absolute Gasteiger partial charge is 0.122 e. The van der Waals surface area contributed by atoms with E-state index in [-0.39, 0.29) is 12.1 Å². The van der Waals surface area contributed by atoms with Gasteiger partial charge in [-0.05, 0) is 19.9 Å². The number of nitrogen functional groups attached to an aromatic ring is 1. The van der Waals surface area contributed by atoms with Crippen molar-refractivity contribution in [2.75, 3.05) is 24.8 Å². The summed E-state index contributed by atoms with van der Waals surface area (Å²) in [6, 6.07) is 5.39. The number of anilines is 2. The van der Waals surface area contributed by atoms with Gasteiger partial charge in [-0.1, -0.05) is 0 Å². The topological polar surface area (TPSA) is 67.5 Å². The minimum Gasteiger partial charge on any atom is -0.497 e. The Kier molecular flexibility index (Phi) is 3.42. The molecule has 1 aromatic rings. The molecule has 0 saturated carbocycles. The van der Waals surface area contributed by atoms with Gasteiger partial charge in [0.15, 0.2) is 0 Å². The molecule has 0 saturated heterocycles. The Morgan fingerprint density at radius 1 is 1.40 bits per heavy atom. The highest BCUT2D eigenvalue weighted by molar-refractivity contribution is 5.60. The molecule has 0 aromatic heterocycles. The van der Waals surface area contributed by atoms with Crippen molar-refractivity contribution in [2.45, 2.75) is 19.4 Å². The number of methoxy groups -OCH3 is 1. The van der Waals surface area contributed by atoms with Crippen molar-refractivity contribution >= 4 is 11.4 Å². The molecule has 0 amide bonds. The van der Waals surface area contributed by atoms with Gasteiger partial charge in [0.05, 0.1) is 19.3 Å². The Hall–Kier alpha value is -1.42. The highest BCUT2D eigenvalue weighted by Gasteiger charge is 2.15. The van der Waals surface area contributed by atoms with E-state index in [0.29, 0.717) is 11.4 Å². The van der Waals surface area contributed by atoms with Crippen LogP contribution in [0.15, 0.2) is 18.2 Å². The number of benzene rings is 1. The summed E-state index contributed by atoms with van der Waals surface area (Å²) in [6.07, 6.45) is 0. The monoisotopic (exact) mass is 210 g/mol. The van der Waals surface area contributed by atoms with Crippen LogP contribution in [0.25, 0.3) is 0 Å². The molecule has 84 valence electrons. The molecule has 4 nitrogen and oxygen atoms in total. The third kappa shape index (κ3) is 3.32. The predicted molar refractivity (Wildman–Crippen MR) is 62.2 cm³/mol. The average Bonchev–Trinajstić information content (AvgIpc) is 2.16. The van der Waals surface area contributed by atoms with E-state index in [1.54, 1.807) is 19.2 Å². The summed E-state index contributed by atoms with van der Waals surface area (Å²) in [5.41, 5.74) is 6.81. The van der Waals surface area contributed by atoms with Crippen LogP contribution < -0.4 is 15.8 Å². The molecule has 1 aromatic carbocycles. The molecule has 4 N–H and O–H groups in total. The van der Waals surface area contributed by atoms with Gasteiger partial charge in [0.1, 0.15) is 5.75 Å². The second-order valence-electron chi connectivity index (χ2n) is 4.16. The third-order valence-electron chi connectivity index (χ3n) is 2.04. The summed E-state index contributed by atoms with van der Waals surface area (Å²) in [6.45, 7) is 3.86. The second-order valence-corrected chi connectivity index (χ2v) is 4.16. The Bertz CT molecular complexity index is 337. The molecule has 0 heterocycles. The van der Waals surface area contributed by atoms with Crippen LogP contribution in [0, 0.1) is 0 Å². The van der Waals surface area contributed by atoms with Gasteiger partial charge in [0.2, 0.25) is 0 Å². The lowest BCUT2D eigenvalue weighted by molar-refractivity contribution is 0.234. The Morgan fingerprint density at radius 3 is 2.60 bits per heavy atom. The average molecular weight is 210 g/mol. The van der Waals surface area contributed by atoms with E-state index < -0.39 is 0 Å². The van der Waals surface area contributed by atoms with Crippen LogP contribution in [0.5, 0.6) is 5.75 Å². The van der Waals surface area contributed by atoms with E-state index in [4.69, 9.17) is 15.6 Å². The first-order valence-electron chi connectivity index (χ1n) is 4.80. The first kappa shape index (κ1) is 11.7. The molecular formula is C11H18N2O2. The van der Waals surface area contributed by atoms with E-state index >= 15 is 0 Å². The number of aliphatic hydroxyl groups is 1. The van der Waals surface area contributed by atoms with Crippen molar-refractivity contribution in [3.63, 3.8) is 0 Å². The van der Waals surface area contributed by atoms with Crippen molar-refractivity contribution in [3.05, 3.63) is 18.2 Å². The van der Waals surface area contributed by atoms with Crippen molar-refractivity contribution in [1.82, 2.24) is 0 Å². The van der Waals surface area contributed by atoms with E-state index in [0.717, 1.165) is 5.69 Å². The van der Waals surface area contributed by atoms with Gasteiger partial charge in [-0.2, -0.15) is 0 Å². The van der Waals surface area contributed by atoms with Crippen LogP contribution in [0.2, 0.25) is 0 Å². The molecule has 0 radical (unpaired) electrons. The second kappa shape index (κ2) is 4.40. The van der Waals surface area contributed by atoms with Gasteiger partial charge in [0.25, 0.3) is 0 Å². The summed E-state index contributed by atoms with van der Waals surface area (Å²) in [7, 11) is 1.59. The quantitative estimate of drug-likeness (QED) is 0.658. The molecule has 0 spiro atoms.